The maximum absolute atomic E-state index is 3.66. The summed E-state index contributed by atoms with van der Waals surface area (Å²) in [5.74, 6) is 0. The lowest BCUT2D eigenvalue weighted by atomic mass is 9.91. The molecule has 1 aromatic carbocycles. The first-order valence-electron chi connectivity index (χ1n) is 6.73. The molecule has 1 aromatic heterocycles. The highest BCUT2D eigenvalue weighted by Crippen LogP contribution is 2.34. The fourth-order valence-electron chi connectivity index (χ4n) is 2.94. The normalized spacial score (nSPS) is 19.5. The third-order valence-electron chi connectivity index (χ3n) is 3.76. The summed E-state index contributed by atoms with van der Waals surface area (Å²) in [6.07, 6.45) is 4.99. The van der Waals surface area contributed by atoms with Crippen molar-refractivity contribution in [2.24, 2.45) is 0 Å². The van der Waals surface area contributed by atoms with E-state index in [4.69, 9.17) is 0 Å². The molecule has 17 heavy (non-hydrogen) atoms. The second-order valence-corrected chi connectivity index (χ2v) is 4.96. The molecule has 0 amide bonds. The van der Waals surface area contributed by atoms with E-state index in [0.717, 1.165) is 6.54 Å². The van der Waals surface area contributed by atoms with Crippen molar-refractivity contribution in [1.82, 2.24) is 10.3 Å². The van der Waals surface area contributed by atoms with E-state index in [1.54, 1.807) is 5.56 Å². The van der Waals surface area contributed by atoms with Crippen LogP contribution in [0.25, 0.3) is 10.9 Å². The van der Waals surface area contributed by atoms with E-state index in [9.17, 15) is 0 Å². The van der Waals surface area contributed by atoms with Crippen molar-refractivity contribution < 1.29 is 0 Å². The Balaban J connectivity index is 2.02. The fourth-order valence-corrected chi connectivity index (χ4v) is 2.94. The van der Waals surface area contributed by atoms with Crippen LogP contribution in [0.4, 0.5) is 0 Å². The third kappa shape index (κ3) is 1.87. The molecule has 1 aliphatic rings. The first kappa shape index (κ1) is 10.8. The van der Waals surface area contributed by atoms with Gasteiger partial charge in [0.25, 0.3) is 0 Å². The zero-order valence-corrected chi connectivity index (χ0v) is 10.4. The third-order valence-corrected chi connectivity index (χ3v) is 3.76. The average Bonchev–Trinajstić information content (AvgIpc) is 2.75. The SMILES string of the molecule is CCCNC1CCCc2c1[nH]c1ccccc21. The van der Waals surface area contributed by atoms with Gasteiger partial charge in [0.1, 0.15) is 0 Å². The molecule has 90 valence electrons. The lowest BCUT2D eigenvalue weighted by molar-refractivity contribution is 0.454. The summed E-state index contributed by atoms with van der Waals surface area (Å²) in [6, 6.07) is 9.21. The highest BCUT2D eigenvalue weighted by atomic mass is 14.9. The van der Waals surface area contributed by atoms with Gasteiger partial charge in [0.05, 0.1) is 0 Å². The van der Waals surface area contributed by atoms with Gasteiger partial charge in [0, 0.05) is 22.6 Å². The number of nitrogens with one attached hydrogen (secondary N) is 2. The van der Waals surface area contributed by atoms with Crippen molar-refractivity contribution in [2.75, 3.05) is 6.54 Å². The minimum atomic E-state index is 0.533. The predicted octanol–water partition coefficient (Wildman–Crippen LogP) is 3.54. The number of aromatic amines is 1. The quantitative estimate of drug-likeness (QED) is 0.826. The molecule has 2 nitrogen and oxygen atoms in total. The summed E-state index contributed by atoms with van der Waals surface area (Å²) in [4.78, 5) is 3.61. The van der Waals surface area contributed by atoms with Crippen molar-refractivity contribution in [2.45, 2.75) is 38.6 Å². The van der Waals surface area contributed by atoms with Gasteiger partial charge in [0.2, 0.25) is 0 Å². The van der Waals surface area contributed by atoms with Gasteiger partial charge < -0.3 is 10.3 Å². The molecular formula is C15H20N2. The van der Waals surface area contributed by atoms with Crippen LogP contribution in [0.1, 0.15) is 43.5 Å². The number of aromatic nitrogens is 1. The highest BCUT2D eigenvalue weighted by Gasteiger charge is 2.23. The molecule has 0 saturated carbocycles. The molecule has 0 aliphatic heterocycles. The van der Waals surface area contributed by atoms with Gasteiger partial charge in [-0.25, -0.2) is 0 Å². The Morgan fingerprint density at radius 3 is 3.12 bits per heavy atom. The smallest absolute Gasteiger partial charge is 0.0476 e. The molecule has 3 rings (SSSR count). The van der Waals surface area contributed by atoms with E-state index in [1.807, 2.05) is 0 Å². The summed E-state index contributed by atoms with van der Waals surface area (Å²) < 4.78 is 0. The Bertz CT molecular complexity index is 513. The maximum Gasteiger partial charge on any atom is 0.0476 e. The fraction of sp³-hybridized carbons (Fsp3) is 0.467. The van der Waals surface area contributed by atoms with E-state index >= 15 is 0 Å². The van der Waals surface area contributed by atoms with Crippen LogP contribution in [0, 0.1) is 0 Å². The van der Waals surface area contributed by atoms with Crippen molar-refractivity contribution in [3.8, 4) is 0 Å². The van der Waals surface area contributed by atoms with E-state index in [-0.39, 0.29) is 0 Å². The molecule has 2 aromatic rings. The molecule has 0 fully saturated rings. The molecule has 1 heterocycles. The first-order chi connectivity index (χ1) is 8.40. The van der Waals surface area contributed by atoms with Gasteiger partial charge in [-0.1, -0.05) is 25.1 Å². The molecule has 0 bridgehead atoms. The summed E-state index contributed by atoms with van der Waals surface area (Å²) in [5, 5.41) is 5.08. The van der Waals surface area contributed by atoms with Crippen LogP contribution in [-0.2, 0) is 6.42 Å². The van der Waals surface area contributed by atoms with Crippen molar-refractivity contribution in [3.05, 3.63) is 35.5 Å². The first-order valence-corrected chi connectivity index (χ1v) is 6.73. The van der Waals surface area contributed by atoms with Gasteiger partial charge in [-0.15, -0.1) is 0 Å². The van der Waals surface area contributed by atoms with Crippen molar-refractivity contribution in [1.29, 1.82) is 0 Å². The van der Waals surface area contributed by atoms with E-state index < -0.39 is 0 Å². The Hall–Kier alpha value is -1.28. The van der Waals surface area contributed by atoms with Gasteiger partial charge in [0.15, 0.2) is 0 Å². The number of para-hydroxylation sites is 1. The van der Waals surface area contributed by atoms with Gasteiger partial charge in [-0.05, 0) is 43.9 Å². The highest BCUT2D eigenvalue weighted by molar-refractivity contribution is 5.85. The zero-order chi connectivity index (χ0) is 11.7. The Kier molecular flexibility index (Phi) is 2.89. The van der Waals surface area contributed by atoms with E-state index in [2.05, 4.69) is 41.5 Å². The average molecular weight is 228 g/mol. The van der Waals surface area contributed by atoms with Crippen LogP contribution in [0.3, 0.4) is 0 Å². The largest absolute Gasteiger partial charge is 0.357 e. The molecule has 2 N–H and O–H groups in total. The number of benzene rings is 1. The predicted molar refractivity (Wildman–Crippen MR) is 72.3 cm³/mol. The zero-order valence-electron chi connectivity index (χ0n) is 10.4. The number of H-pyrrole nitrogens is 1. The standard InChI is InChI=1S/C15H20N2/c1-2-10-16-14-9-5-7-12-11-6-3-4-8-13(11)17-15(12)14/h3-4,6,8,14,16-17H,2,5,7,9-10H2,1H3. The Labute approximate surface area is 102 Å². The summed E-state index contributed by atoms with van der Waals surface area (Å²) in [7, 11) is 0. The monoisotopic (exact) mass is 228 g/mol. The van der Waals surface area contributed by atoms with Gasteiger partial charge in [-0.3, -0.25) is 0 Å². The molecule has 1 atom stereocenters. The van der Waals surface area contributed by atoms with Crippen LogP contribution < -0.4 is 5.32 Å². The van der Waals surface area contributed by atoms with Crippen LogP contribution in [-0.4, -0.2) is 11.5 Å². The Morgan fingerprint density at radius 2 is 2.24 bits per heavy atom. The maximum atomic E-state index is 3.66. The van der Waals surface area contributed by atoms with Gasteiger partial charge >= 0.3 is 0 Å². The number of fused-ring (bicyclic) bond motifs is 3. The second kappa shape index (κ2) is 4.53. The summed E-state index contributed by atoms with van der Waals surface area (Å²) in [6.45, 7) is 3.33. The van der Waals surface area contributed by atoms with Gasteiger partial charge in [-0.2, -0.15) is 0 Å². The molecular weight excluding hydrogens is 208 g/mol. The summed E-state index contributed by atoms with van der Waals surface area (Å²) in [5.41, 5.74) is 4.27. The molecule has 1 unspecified atom stereocenters. The lowest BCUT2D eigenvalue weighted by Gasteiger charge is -2.23. The minimum Gasteiger partial charge on any atom is -0.357 e. The van der Waals surface area contributed by atoms with Crippen molar-refractivity contribution in [3.63, 3.8) is 0 Å². The van der Waals surface area contributed by atoms with E-state index in [0.29, 0.717) is 6.04 Å². The lowest BCUT2D eigenvalue weighted by Crippen LogP contribution is -2.25. The second-order valence-electron chi connectivity index (χ2n) is 4.96. The summed E-state index contributed by atoms with van der Waals surface area (Å²) >= 11 is 0. The molecule has 2 heteroatoms. The van der Waals surface area contributed by atoms with Crippen LogP contribution in [0.2, 0.25) is 0 Å². The molecule has 0 spiro atoms. The number of hydrogen-bond acceptors (Lipinski definition) is 1. The number of rotatable bonds is 3. The van der Waals surface area contributed by atoms with E-state index in [1.165, 1.54) is 42.3 Å². The van der Waals surface area contributed by atoms with Crippen molar-refractivity contribution >= 4 is 10.9 Å². The number of aryl methyl sites for hydroxylation is 1. The van der Waals surface area contributed by atoms with Crippen LogP contribution >= 0.6 is 0 Å². The molecule has 0 saturated heterocycles. The van der Waals surface area contributed by atoms with Crippen LogP contribution in [0.15, 0.2) is 24.3 Å². The Morgan fingerprint density at radius 1 is 1.35 bits per heavy atom. The number of hydrogen-bond donors (Lipinski definition) is 2. The molecule has 0 radical (unpaired) electrons. The minimum absolute atomic E-state index is 0.533. The van der Waals surface area contributed by atoms with Crippen LogP contribution in [0.5, 0.6) is 0 Å². The topological polar surface area (TPSA) is 27.8 Å². The molecule has 1 aliphatic carbocycles.